The largest absolute Gasteiger partial charge is 0.511 e. The Kier molecular flexibility index (Phi) is 5.63. The summed E-state index contributed by atoms with van der Waals surface area (Å²) in [5.74, 6) is -0.661. The lowest BCUT2D eigenvalue weighted by molar-refractivity contribution is -0.140. The molecule has 0 spiro atoms. The Balaban J connectivity index is 2.08. The standard InChI is InChI=1S/C23H25NO4/c1-23(2)13-18(22(20(26)14-23)19(25)11-12-21(27)28-3)24-17-10-6-8-15-7-4-5-9-16(15)17/h4-10,25H,11-14H2,1-3H3. The van der Waals surface area contributed by atoms with Gasteiger partial charge in [0.25, 0.3) is 0 Å². The molecular weight excluding hydrogens is 354 g/mol. The number of Topliss-reactive ketones (excluding diaryl/α,β-unsaturated/α-hetero) is 1. The number of nitrogens with zero attached hydrogens (tertiary/aromatic N) is 1. The number of esters is 1. The summed E-state index contributed by atoms with van der Waals surface area (Å²) < 4.78 is 4.63. The van der Waals surface area contributed by atoms with E-state index in [2.05, 4.69) is 4.74 Å². The van der Waals surface area contributed by atoms with Gasteiger partial charge >= 0.3 is 5.97 Å². The van der Waals surface area contributed by atoms with E-state index in [1.54, 1.807) is 0 Å². The van der Waals surface area contributed by atoms with Gasteiger partial charge in [-0.1, -0.05) is 50.2 Å². The van der Waals surface area contributed by atoms with E-state index in [-0.39, 0.29) is 35.4 Å². The summed E-state index contributed by atoms with van der Waals surface area (Å²) >= 11 is 0. The van der Waals surface area contributed by atoms with E-state index in [0.29, 0.717) is 18.6 Å². The molecule has 5 nitrogen and oxygen atoms in total. The van der Waals surface area contributed by atoms with Crippen LogP contribution in [0.4, 0.5) is 5.69 Å². The van der Waals surface area contributed by atoms with Gasteiger partial charge in [0.2, 0.25) is 0 Å². The number of carbonyl (C=O) groups is 2. The van der Waals surface area contributed by atoms with Gasteiger partial charge < -0.3 is 9.84 Å². The van der Waals surface area contributed by atoms with Crippen molar-refractivity contribution in [2.45, 2.75) is 39.5 Å². The normalized spacial score (nSPS) is 19.7. The molecule has 1 fully saturated rings. The van der Waals surface area contributed by atoms with Gasteiger partial charge in [0.15, 0.2) is 5.78 Å². The van der Waals surface area contributed by atoms with Gasteiger partial charge in [-0.15, -0.1) is 0 Å². The first kappa shape index (κ1) is 19.8. The van der Waals surface area contributed by atoms with Gasteiger partial charge in [-0.2, -0.15) is 0 Å². The molecule has 2 aromatic carbocycles. The number of aliphatic imine (C=N–C) groups is 1. The number of allylic oxidation sites excluding steroid dienone is 2. The van der Waals surface area contributed by atoms with E-state index < -0.39 is 5.97 Å². The average Bonchev–Trinajstić information content (AvgIpc) is 2.65. The molecule has 1 aliphatic carbocycles. The highest BCUT2D eigenvalue weighted by atomic mass is 16.5. The summed E-state index contributed by atoms with van der Waals surface area (Å²) in [6.07, 6.45) is 0.978. The van der Waals surface area contributed by atoms with Gasteiger partial charge in [0, 0.05) is 18.2 Å². The molecule has 0 aromatic heterocycles. The quantitative estimate of drug-likeness (QED) is 0.457. The minimum Gasteiger partial charge on any atom is -0.511 e. The third kappa shape index (κ3) is 4.30. The lowest BCUT2D eigenvalue weighted by Gasteiger charge is -2.31. The fraction of sp³-hybridized carbons (Fsp3) is 0.348. The first-order valence-corrected chi connectivity index (χ1v) is 9.38. The molecule has 2 aromatic rings. The molecule has 0 saturated heterocycles. The van der Waals surface area contributed by atoms with Crippen molar-refractivity contribution in [3.05, 3.63) is 53.8 Å². The number of ketones is 1. The highest BCUT2D eigenvalue weighted by Crippen LogP contribution is 2.37. The fourth-order valence-corrected chi connectivity index (χ4v) is 3.61. The van der Waals surface area contributed by atoms with Gasteiger partial charge in [-0.05, 0) is 23.3 Å². The van der Waals surface area contributed by atoms with Crippen molar-refractivity contribution in [2.75, 3.05) is 7.11 Å². The number of aliphatic hydroxyl groups excluding tert-OH is 1. The zero-order valence-corrected chi connectivity index (χ0v) is 16.5. The van der Waals surface area contributed by atoms with Crippen molar-refractivity contribution in [3.8, 4) is 0 Å². The van der Waals surface area contributed by atoms with E-state index >= 15 is 0 Å². The lowest BCUT2D eigenvalue weighted by atomic mass is 9.73. The number of hydrogen-bond acceptors (Lipinski definition) is 5. The second kappa shape index (κ2) is 7.97. The molecular formula is C23H25NO4. The van der Waals surface area contributed by atoms with Crippen LogP contribution in [0.25, 0.3) is 10.8 Å². The Bertz CT molecular complexity index is 980. The number of benzene rings is 2. The van der Waals surface area contributed by atoms with Crippen molar-refractivity contribution < 1.29 is 19.4 Å². The number of fused-ring (bicyclic) bond motifs is 1. The van der Waals surface area contributed by atoms with Crippen molar-refractivity contribution >= 4 is 33.9 Å². The molecule has 1 N–H and O–H groups in total. The molecule has 0 bridgehead atoms. The smallest absolute Gasteiger partial charge is 0.305 e. The Morgan fingerprint density at radius 1 is 1.11 bits per heavy atom. The van der Waals surface area contributed by atoms with Crippen molar-refractivity contribution in [1.82, 2.24) is 0 Å². The molecule has 1 aliphatic rings. The Morgan fingerprint density at radius 2 is 1.82 bits per heavy atom. The van der Waals surface area contributed by atoms with Crippen LogP contribution in [0.2, 0.25) is 0 Å². The predicted molar refractivity (Wildman–Crippen MR) is 110 cm³/mol. The van der Waals surface area contributed by atoms with Gasteiger partial charge in [-0.3, -0.25) is 14.6 Å². The maximum atomic E-state index is 12.8. The van der Waals surface area contributed by atoms with Gasteiger partial charge in [0.1, 0.15) is 5.76 Å². The van der Waals surface area contributed by atoms with E-state index in [9.17, 15) is 14.7 Å². The van der Waals surface area contributed by atoms with Crippen molar-refractivity contribution in [3.63, 3.8) is 0 Å². The van der Waals surface area contributed by atoms with E-state index in [1.807, 2.05) is 56.3 Å². The number of methoxy groups -OCH3 is 1. The third-order valence-corrected chi connectivity index (χ3v) is 4.96. The average molecular weight is 379 g/mol. The van der Waals surface area contributed by atoms with Crippen LogP contribution in [0, 0.1) is 5.41 Å². The number of hydrogen-bond donors (Lipinski definition) is 1. The summed E-state index contributed by atoms with van der Waals surface area (Å²) in [7, 11) is 1.30. The Hall–Kier alpha value is -2.95. The molecule has 5 heteroatoms. The zero-order chi connectivity index (χ0) is 20.3. The first-order chi connectivity index (χ1) is 13.3. The van der Waals surface area contributed by atoms with Crippen LogP contribution >= 0.6 is 0 Å². The van der Waals surface area contributed by atoms with Gasteiger partial charge in [-0.25, -0.2) is 0 Å². The summed E-state index contributed by atoms with van der Waals surface area (Å²) in [6, 6.07) is 13.8. The Labute approximate surface area is 164 Å². The van der Waals surface area contributed by atoms with Crippen LogP contribution < -0.4 is 0 Å². The maximum absolute atomic E-state index is 12.8. The minimum atomic E-state index is -0.428. The molecule has 0 aliphatic heterocycles. The zero-order valence-electron chi connectivity index (χ0n) is 16.5. The second-order valence-electron chi connectivity index (χ2n) is 7.90. The minimum absolute atomic E-state index is 0.0179. The van der Waals surface area contributed by atoms with Crippen LogP contribution in [0.3, 0.4) is 0 Å². The molecule has 28 heavy (non-hydrogen) atoms. The summed E-state index contributed by atoms with van der Waals surface area (Å²) in [4.78, 5) is 29.1. The number of aliphatic hydroxyl groups is 1. The summed E-state index contributed by atoms with van der Waals surface area (Å²) in [5.41, 5.74) is 1.33. The Morgan fingerprint density at radius 3 is 2.57 bits per heavy atom. The first-order valence-electron chi connectivity index (χ1n) is 9.38. The van der Waals surface area contributed by atoms with Crippen LogP contribution in [-0.2, 0) is 14.3 Å². The molecule has 1 saturated carbocycles. The second-order valence-corrected chi connectivity index (χ2v) is 7.90. The molecule has 146 valence electrons. The van der Waals surface area contributed by atoms with Crippen molar-refractivity contribution in [1.29, 1.82) is 0 Å². The third-order valence-electron chi connectivity index (χ3n) is 4.96. The number of carbonyl (C=O) groups excluding carboxylic acids is 2. The highest BCUT2D eigenvalue weighted by molar-refractivity contribution is 6.25. The van der Waals surface area contributed by atoms with Crippen molar-refractivity contribution in [2.24, 2.45) is 10.4 Å². The fourth-order valence-electron chi connectivity index (χ4n) is 3.61. The van der Waals surface area contributed by atoms with E-state index in [1.165, 1.54) is 7.11 Å². The van der Waals surface area contributed by atoms with E-state index in [0.717, 1.165) is 16.5 Å². The molecule has 3 rings (SSSR count). The summed E-state index contributed by atoms with van der Waals surface area (Å²) in [6.45, 7) is 4.04. The monoisotopic (exact) mass is 379 g/mol. The molecule has 0 atom stereocenters. The molecule has 0 amide bonds. The van der Waals surface area contributed by atoms with Gasteiger partial charge in [0.05, 0.1) is 30.5 Å². The van der Waals surface area contributed by atoms with Crippen LogP contribution in [-0.4, -0.2) is 29.7 Å². The molecule has 0 heterocycles. The number of ether oxygens (including phenoxy) is 1. The maximum Gasteiger partial charge on any atom is 0.305 e. The SMILES string of the molecule is COC(=O)CCC(O)=C1C(=O)CC(C)(C)CC1=Nc1cccc2ccccc12. The predicted octanol–water partition coefficient (Wildman–Crippen LogP) is 5.07. The topological polar surface area (TPSA) is 76.0 Å². The number of rotatable bonds is 4. The molecule has 0 unspecified atom stereocenters. The molecule has 0 radical (unpaired) electrons. The van der Waals surface area contributed by atoms with Crippen LogP contribution in [0.5, 0.6) is 0 Å². The highest BCUT2D eigenvalue weighted by Gasteiger charge is 2.36. The van der Waals surface area contributed by atoms with Crippen LogP contribution in [0.15, 0.2) is 58.8 Å². The summed E-state index contributed by atoms with van der Waals surface area (Å²) in [5, 5.41) is 12.6. The van der Waals surface area contributed by atoms with Crippen LogP contribution in [0.1, 0.15) is 39.5 Å². The van der Waals surface area contributed by atoms with E-state index in [4.69, 9.17) is 4.99 Å². The lowest BCUT2D eigenvalue weighted by Crippen LogP contribution is -2.32.